The highest BCUT2D eigenvalue weighted by Crippen LogP contribution is 2.24. The van der Waals surface area contributed by atoms with E-state index in [0.717, 1.165) is 26.2 Å². The van der Waals surface area contributed by atoms with Gasteiger partial charge >= 0.3 is 0 Å². The molecule has 0 amide bonds. The largest absolute Gasteiger partial charge is 0.314 e. The molecule has 1 aliphatic heterocycles. The minimum atomic E-state index is 0.432. The molecule has 0 spiro atoms. The van der Waals surface area contributed by atoms with Crippen LogP contribution in [-0.2, 0) is 6.54 Å². The third-order valence-corrected chi connectivity index (χ3v) is 4.32. The molecule has 21 heavy (non-hydrogen) atoms. The van der Waals surface area contributed by atoms with Gasteiger partial charge in [0.2, 0.25) is 0 Å². The Kier molecular flexibility index (Phi) is 4.32. The van der Waals surface area contributed by atoms with Crippen LogP contribution in [0.15, 0.2) is 42.7 Å². The van der Waals surface area contributed by atoms with Crippen LogP contribution in [-0.4, -0.2) is 29.5 Å². The lowest BCUT2D eigenvalue weighted by molar-refractivity contribution is 0.153. The number of nitrogens with zero attached hydrogens (tertiary/aromatic N) is 2. The summed E-state index contributed by atoms with van der Waals surface area (Å²) in [4.78, 5) is 6.71. The molecule has 1 aliphatic rings. The summed E-state index contributed by atoms with van der Waals surface area (Å²) in [6.45, 7) is 8.54. The zero-order valence-corrected chi connectivity index (χ0v) is 12.8. The zero-order valence-electron chi connectivity index (χ0n) is 12.8. The van der Waals surface area contributed by atoms with Crippen molar-refractivity contribution in [2.75, 3.05) is 19.6 Å². The number of hydrogen-bond acceptors (Lipinski definition) is 3. The maximum absolute atomic E-state index is 4.14. The lowest BCUT2D eigenvalue weighted by Crippen LogP contribution is -2.45. The summed E-state index contributed by atoms with van der Waals surface area (Å²) in [5, 5.41) is 3.51. The molecule has 3 nitrogen and oxygen atoms in total. The molecule has 1 N–H and O–H groups in total. The fraction of sp³-hybridized carbons (Fsp3) is 0.389. The number of nitrogens with one attached hydrogen (secondary N) is 1. The van der Waals surface area contributed by atoms with E-state index in [1.54, 1.807) is 0 Å². The third-order valence-electron chi connectivity index (χ3n) is 4.32. The monoisotopic (exact) mass is 281 g/mol. The molecule has 3 rings (SSSR count). The molecule has 0 aliphatic carbocycles. The maximum Gasteiger partial charge on any atom is 0.0477 e. The molecule has 1 unspecified atom stereocenters. The SMILES string of the molecule is Cc1ccc(C)c(CN2CCNCC2c2ccncc2)c1. The van der Waals surface area contributed by atoms with Crippen LogP contribution >= 0.6 is 0 Å². The van der Waals surface area contributed by atoms with Crippen LogP contribution in [0.2, 0.25) is 0 Å². The first kappa shape index (κ1) is 14.2. The van der Waals surface area contributed by atoms with Crippen molar-refractivity contribution in [3.05, 3.63) is 65.0 Å². The van der Waals surface area contributed by atoms with Gasteiger partial charge in [-0.05, 0) is 42.7 Å². The van der Waals surface area contributed by atoms with E-state index in [0.29, 0.717) is 6.04 Å². The molecule has 1 aromatic heterocycles. The molecule has 0 bridgehead atoms. The predicted molar refractivity (Wildman–Crippen MR) is 86.2 cm³/mol. The summed E-state index contributed by atoms with van der Waals surface area (Å²) in [5.74, 6) is 0. The van der Waals surface area contributed by atoms with Crippen molar-refractivity contribution in [1.29, 1.82) is 0 Å². The van der Waals surface area contributed by atoms with Crippen LogP contribution in [0.1, 0.15) is 28.3 Å². The fourth-order valence-corrected chi connectivity index (χ4v) is 3.04. The van der Waals surface area contributed by atoms with Crippen molar-refractivity contribution in [2.24, 2.45) is 0 Å². The normalized spacial score (nSPS) is 19.6. The third kappa shape index (κ3) is 3.31. The molecule has 0 radical (unpaired) electrons. The molecule has 110 valence electrons. The van der Waals surface area contributed by atoms with E-state index in [-0.39, 0.29) is 0 Å². The van der Waals surface area contributed by atoms with Gasteiger partial charge in [-0.15, -0.1) is 0 Å². The van der Waals surface area contributed by atoms with Crippen molar-refractivity contribution in [2.45, 2.75) is 26.4 Å². The molecule has 1 atom stereocenters. The van der Waals surface area contributed by atoms with Crippen molar-refractivity contribution >= 4 is 0 Å². The zero-order chi connectivity index (χ0) is 14.7. The smallest absolute Gasteiger partial charge is 0.0477 e. The summed E-state index contributed by atoms with van der Waals surface area (Å²) in [6.07, 6.45) is 3.78. The number of pyridine rings is 1. The van der Waals surface area contributed by atoms with E-state index in [2.05, 4.69) is 59.4 Å². The Morgan fingerprint density at radius 1 is 1.19 bits per heavy atom. The summed E-state index contributed by atoms with van der Waals surface area (Å²) in [7, 11) is 0. The van der Waals surface area contributed by atoms with Crippen molar-refractivity contribution < 1.29 is 0 Å². The van der Waals surface area contributed by atoms with Gasteiger partial charge in [-0.25, -0.2) is 0 Å². The average Bonchev–Trinajstić information content (AvgIpc) is 2.52. The Balaban J connectivity index is 1.83. The van der Waals surface area contributed by atoms with Crippen molar-refractivity contribution in [3.8, 4) is 0 Å². The molecular weight excluding hydrogens is 258 g/mol. The van der Waals surface area contributed by atoms with Crippen LogP contribution in [0, 0.1) is 13.8 Å². The topological polar surface area (TPSA) is 28.2 Å². The second-order valence-electron chi connectivity index (χ2n) is 5.90. The Morgan fingerprint density at radius 2 is 2.00 bits per heavy atom. The molecule has 1 saturated heterocycles. The van der Waals surface area contributed by atoms with E-state index in [1.807, 2.05) is 12.4 Å². The van der Waals surface area contributed by atoms with Gasteiger partial charge in [0.15, 0.2) is 0 Å². The first-order valence-corrected chi connectivity index (χ1v) is 7.65. The predicted octanol–water partition coefficient (Wildman–Crippen LogP) is 2.84. The van der Waals surface area contributed by atoms with E-state index in [4.69, 9.17) is 0 Å². The highest BCUT2D eigenvalue weighted by Gasteiger charge is 2.24. The Hall–Kier alpha value is -1.71. The Labute approximate surface area is 127 Å². The van der Waals surface area contributed by atoms with Crippen LogP contribution in [0.25, 0.3) is 0 Å². The number of hydrogen-bond donors (Lipinski definition) is 1. The molecule has 0 saturated carbocycles. The highest BCUT2D eigenvalue weighted by atomic mass is 15.2. The minimum Gasteiger partial charge on any atom is -0.314 e. The fourth-order valence-electron chi connectivity index (χ4n) is 3.04. The minimum absolute atomic E-state index is 0.432. The second-order valence-corrected chi connectivity index (χ2v) is 5.90. The van der Waals surface area contributed by atoms with Gasteiger partial charge in [-0.2, -0.15) is 0 Å². The lowest BCUT2D eigenvalue weighted by Gasteiger charge is -2.36. The van der Waals surface area contributed by atoms with Crippen LogP contribution in [0.5, 0.6) is 0 Å². The highest BCUT2D eigenvalue weighted by molar-refractivity contribution is 5.31. The summed E-state index contributed by atoms with van der Waals surface area (Å²) in [6, 6.07) is 11.4. The Bertz CT molecular complexity index is 595. The van der Waals surface area contributed by atoms with Gasteiger partial charge in [0.25, 0.3) is 0 Å². The number of aromatic nitrogens is 1. The van der Waals surface area contributed by atoms with Gasteiger partial charge in [0.1, 0.15) is 0 Å². The van der Waals surface area contributed by atoms with E-state index >= 15 is 0 Å². The van der Waals surface area contributed by atoms with Crippen molar-refractivity contribution in [3.63, 3.8) is 0 Å². The average molecular weight is 281 g/mol. The molecule has 3 heteroatoms. The summed E-state index contributed by atoms with van der Waals surface area (Å²) >= 11 is 0. The lowest BCUT2D eigenvalue weighted by atomic mass is 10.0. The molecule has 1 aromatic carbocycles. The molecule has 1 fully saturated rings. The molecule has 2 heterocycles. The summed E-state index contributed by atoms with van der Waals surface area (Å²) < 4.78 is 0. The first-order valence-electron chi connectivity index (χ1n) is 7.65. The van der Waals surface area contributed by atoms with Crippen LogP contribution in [0.4, 0.5) is 0 Å². The van der Waals surface area contributed by atoms with Gasteiger partial charge < -0.3 is 5.32 Å². The van der Waals surface area contributed by atoms with Crippen molar-refractivity contribution in [1.82, 2.24) is 15.2 Å². The van der Waals surface area contributed by atoms with Gasteiger partial charge in [-0.3, -0.25) is 9.88 Å². The number of benzene rings is 1. The van der Waals surface area contributed by atoms with E-state index < -0.39 is 0 Å². The van der Waals surface area contributed by atoms with Gasteiger partial charge in [0, 0.05) is 44.6 Å². The summed E-state index contributed by atoms with van der Waals surface area (Å²) in [5.41, 5.74) is 5.51. The quantitative estimate of drug-likeness (QED) is 0.937. The second kappa shape index (κ2) is 6.37. The van der Waals surface area contributed by atoms with E-state index in [9.17, 15) is 0 Å². The number of piperazine rings is 1. The first-order chi connectivity index (χ1) is 10.2. The van der Waals surface area contributed by atoms with Gasteiger partial charge in [0.05, 0.1) is 0 Å². The Morgan fingerprint density at radius 3 is 2.81 bits per heavy atom. The van der Waals surface area contributed by atoms with Crippen LogP contribution < -0.4 is 5.32 Å². The van der Waals surface area contributed by atoms with Crippen LogP contribution in [0.3, 0.4) is 0 Å². The molecule has 2 aromatic rings. The van der Waals surface area contributed by atoms with Gasteiger partial charge in [-0.1, -0.05) is 23.8 Å². The maximum atomic E-state index is 4.14. The molecular formula is C18H23N3. The van der Waals surface area contributed by atoms with E-state index in [1.165, 1.54) is 22.3 Å². The standard InChI is InChI=1S/C18H23N3/c1-14-3-4-15(2)17(11-14)13-21-10-9-20-12-18(21)16-5-7-19-8-6-16/h3-8,11,18,20H,9-10,12-13H2,1-2H3. The number of aryl methyl sites for hydroxylation is 2. The number of rotatable bonds is 3.